The summed E-state index contributed by atoms with van der Waals surface area (Å²) in [5.74, 6) is -1.04. The number of rotatable bonds is 2. The maximum absolute atomic E-state index is 11.1. The summed E-state index contributed by atoms with van der Waals surface area (Å²) in [5, 5.41) is 9.46. The van der Waals surface area contributed by atoms with Crippen molar-refractivity contribution in [2.45, 2.75) is 0 Å². The van der Waals surface area contributed by atoms with Crippen molar-refractivity contribution in [1.29, 1.82) is 0 Å². The second kappa shape index (κ2) is 4.69. The van der Waals surface area contributed by atoms with Gasteiger partial charge in [0.15, 0.2) is 0 Å². The third-order valence-electron chi connectivity index (χ3n) is 2.13. The molecule has 0 amide bonds. The van der Waals surface area contributed by atoms with Gasteiger partial charge in [0.05, 0.1) is 5.56 Å². The molecule has 0 aliphatic heterocycles. The molecule has 0 fully saturated rings. The molecule has 0 saturated carbocycles. The summed E-state index contributed by atoms with van der Waals surface area (Å²) in [4.78, 5) is 18.7. The van der Waals surface area contributed by atoms with Gasteiger partial charge in [0.25, 0.3) is 0 Å². The first-order chi connectivity index (χ1) is 8.08. The number of hydrogen-bond donors (Lipinski definition) is 1. The van der Waals surface area contributed by atoms with Crippen LogP contribution in [-0.2, 0) is 0 Å². The number of carbonyl (C=O) groups is 1. The van der Waals surface area contributed by atoms with Crippen LogP contribution in [0.1, 0.15) is 10.4 Å². The van der Waals surface area contributed by atoms with E-state index in [1.54, 1.807) is 0 Å². The Labute approximate surface area is 107 Å². The molecule has 86 valence electrons. The first kappa shape index (κ1) is 11.8. The minimum Gasteiger partial charge on any atom is -0.478 e. The van der Waals surface area contributed by atoms with E-state index in [0.717, 1.165) is 0 Å². The monoisotopic (exact) mass is 268 g/mol. The van der Waals surface area contributed by atoms with E-state index < -0.39 is 5.97 Å². The number of pyridine rings is 2. The molecule has 2 aromatic heterocycles. The summed E-state index contributed by atoms with van der Waals surface area (Å²) in [6.45, 7) is 0. The lowest BCUT2D eigenvalue weighted by molar-refractivity contribution is 0.0697. The van der Waals surface area contributed by atoms with Crippen LogP contribution in [0.4, 0.5) is 0 Å². The first-order valence-electron chi connectivity index (χ1n) is 4.58. The number of carboxylic acids is 1. The molecule has 0 saturated heterocycles. The number of carboxylic acid groups (broad SMARTS) is 1. The molecule has 17 heavy (non-hydrogen) atoms. The SMILES string of the molecule is O=C(O)c1ccncc1-c1cc(Cl)nc(Cl)c1. The molecule has 4 nitrogen and oxygen atoms in total. The van der Waals surface area contributed by atoms with Crippen molar-refractivity contribution in [2.24, 2.45) is 0 Å². The molecule has 0 aromatic carbocycles. The summed E-state index contributed by atoms with van der Waals surface area (Å²) in [7, 11) is 0. The Morgan fingerprint density at radius 2 is 1.88 bits per heavy atom. The molecule has 0 unspecified atom stereocenters. The first-order valence-corrected chi connectivity index (χ1v) is 5.34. The fraction of sp³-hybridized carbons (Fsp3) is 0. The molecule has 0 bridgehead atoms. The van der Waals surface area contributed by atoms with Crippen LogP contribution in [0.15, 0.2) is 30.6 Å². The van der Waals surface area contributed by atoms with Crippen LogP contribution in [-0.4, -0.2) is 21.0 Å². The fourth-order valence-electron chi connectivity index (χ4n) is 1.43. The van der Waals surface area contributed by atoms with Crippen molar-refractivity contribution in [3.05, 3.63) is 46.5 Å². The number of halogens is 2. The smallest absolute Gasteiger partial charge is 0.336 e. The van der Waals surface area contributed by atoms with Gasteiger partial charge in [-0.15, -0.1) is 0 Å². The molecular weight excluding hydrogens is 263 g/mol. The Hall–Kier alpha value is -1.65. The number of aromatic carboxylic acids is 1. The van der Waals surface area contributed by atoms with Gasteiger partial charge in [-0.05, 0) is 23.8 Å². The number of aromatic nitrogens is 2. The molecule has 0 aliphatic carbocycles. The van der Waals surface area contributed by atoms with Crippen molar-refractivity contribution in [2.75, 3.05) is 0 Å². The minimum absolute atomic E-state index is 0.137. The summed E-state index contributed by atoms with van der Waals surface area (Å²) in [5.41, 5.74) is 1.16. The summed E-state index contributed by atoms with van der Waals surface area (Å²) in [6, 6.07) is 4.49. The van der Waals surface area contributed by atoms with Crippen molar-refractivity contribution < 1.29 is 9.90 Å². The molecular formula is C11H6Cl2N2O2. The topological polar surface area (TPSA) is 63.1 Å². The van der Waals surface area contributed by atoms with Gasteiger partial charge in [-0.3, -0.25) is 4.98 Å². The van der Waals surface area contributed by atoms with E-state index in [0.29, 0.717) is 11.1 Å². The Morgan fingerprint density at radius 1 is 1.24 bits per heavy atom. The van der Waals surface area contributed by atoms with Crippen molar-refractivity contribution in [3.63, 3.8) is 0 Å². The van der Waals surface area contributed by atoms with Gasteiger partial charge in [0, 0.05) is 18.0 Å². The Kier molecular flexibility index (Phi) is 3.26. The molecule has 0 spiro atoms. The highest BCUT2D eigenvalue weighted by Gasteiger charge is 2.12. The lowest BCUT2D eigenvalue weighted by Crippen LogP contribution is -2.00. The van der Waals surface area contributed by atoms with E-state index in [9.17, 15) is 4.79 Å². The zero-order chi connectivity index (χ0) is 12.4. The standard InChI is InChI=1S/C11H6Cl2N2O2/c12-9-3-6(4-10(13)15-9)8-5-14-2-1-7(8)11(16)17/h1-5H,(H,16,17). The highest BCUT2D eigenvalue weighted by molar-refractivity contribution is 6.32. The maximum Gasteiger partial charge on any atom is 0.336 e. The van der Waals surface area contributed by atoms with Gasteiger partial charge in [-0.2, -0.15) is 0 Å². The quantitative estimate of drug-likeness (QED) is 0.850. The van der Waals surface area contributed by atoms with Crippen molar-refractivity contribution >= 4 is 29.2 Å². The Morgan fingerprint density at radius 3 is 2.47 bits per heavy atom. The molecule has 2 heterocycles. The van der Waals surface area contributed by atoms with Gasteiger partial charge in [-0.1, -0.05) is 23.2 Å². The zero-order valence-electron chi connectivity index (χ0n) is 8.39. The summed E-state index contributed by atoms with van der Waals surface area (Å²) in [6.07, 6.45) is 2.86. The van der Waals surface area contributed by atoms with Gasteiger partial charge in [0.1, 0.15) is 10.3 Å². The molecule has 0 atom stereocenters. The van der Waals surface area contributed by atoms with Gasteiger partial charge in [-0.25, -0.2) is 9.78 Å². The van der Waals surface area contributed by atoms with E-state index in [4.69, 9.17) is 28.3 Å². The minimum atomic E-state index is -1.04. The molecule has 2 aromatic rings. The van der Waals surface area contributed by atoms with Crippen LogP contribution in [0, 0.1) is 0 Å². The van der Waals surface area contributed by atoms with Crippen LogP contribution in [0.25, 0.3) is 11.1 Å². The largest absolute Gasteiger partial charge is 0.478 e. The third kappa shape index (κ3) is 2.54. The Bertz CT molecular complexity index is 567. The third-order valence-corrected chi connectivity index (χ3v) is 2.51. The second-order valence-corrected chi connectivity index (χ2v) is 4.00. The Balaban J connectivity index is 2.64. The number of hydrogen-bond acceptors (Lipinski definition) is 3. The normalized spacial score (nSPS) is 10.2. The lowest BCUT2D eigenvalue weighted by Gasteiger charge is -2.06. The van der Waals surface area contributed by atoms with Gasteiger partial charge < -0.3 is 5.11 Å². The molecule has 6 heteroatoms. The molecule has 2 rings (SSSR count). The van der Waals surface area contributed by atoms with E-state index >= 15 is 0 Å². The van der Waals surface area contributed by atoms with Crippen LogP contribution in [0.2, 0.25) is 10.3 Å². The van der Waals surface area contributed by atoms with Crippen LogP contribution in [0.3, 0.4) is 0 Å². The fourth-order valence-corrected chi connectivity index (χ4v) is 1.89. The highest BCUT2D eigenvalue weighted by Crippen LogP contribution is 2.27. The van der Waals surface area contributed by atoms with Crippen LogP contribution in [0.5, 0.6) is 0 Å². The highest BCUT2D eigenvalue weighted by atomic mass is 35.5. The van der Waals surface area contributed by atoms with Crippen LogP contribution < -0.4 is 0 Å². The average molecular weight is 269 g/mol. The van der Waals surface area contributed by atoms with Crippen LogP contribution >= 0.6 is 23.2 Å². The molecule has 1 N–H and O–H groups in total. The van der Waals surface area contributed by atoms with Gasteiger partial charge in [0.2, 0.25) is 0 Å². The zero-order valence-corrected chi connectivity index (χ0v) is 9.90. The van der Waals surface area contributed by atoms with Crippen molar-refractivity contribution in [3.8, 4) is 11.1 Å². The predicted molar refractivity (Wildman–Crippen MR) is 64.4 cm³/mol. The van der Waals surface area contributed by atoms with Crippen molar-refractivity contribution in [1.82, 2.24) is 9.97 Å². The maximum atomic E-state index is 11.1. The van der Waals surface area contributed by atoms with E-state index in [1.165, 1.54) is 30.6 Å². The van der Waals surface area contributed by atoms with E-state index in [1.807, 2.05) is 0 Å². The molecule has 0 radical (unpaired) electrons. The lowest BCUT2D eigenvalue weighted by atomic mass is 10.0. The summed E-state index contributed by atoms with van der Waals surface area (Å²) >= 11 is 11.5. The summed E-state index contributed by atoms with van der Waals surface area (Å²) < 4.78 is 0. The van der Waals surface area contributed by atoms with Gasteiger partial charge >= 0.3 is 5.97 Å². The molecule has 0 aliphatic rings. The number of nitrogens with zero attached hydrogens (tertiary/aromatic N) is 2. The predicted octanol–water partition coefficient (Wildman–Crippen LogP) is 3.15. The van der Waals surface area contributed by atoms with E-state index in [-0.39, 0.29) is 15.9 Å². The second-order valence-electron chi connectivity index (χ2n) is 3.23. The van der Waals surface area contributed by atoms with E-state index in [2.05, 4.69) is 9.97 Å². The average Bonchev–Trinajstić information content (AvgIpc) is 2.27.